The SMILES string of the molecule is CC(C)(C)C(=O)N1CCC(c2nc3c(nnn3Cc3ccc(Cl)cc3Cl)c(=O)[nH]2)CC1. The molecule has 0 unspecified atom stereocenters. The zero-order valence-corrected chi connectivity index (χ0v) is 19.2. The third-order valence-electron chi connectivity index (χ3n) is 5.54. The first kappa shape index (κ1) is 21.8. The van der Waals surface area contributed by atoms with Crippen LogP contribution in [0.15, 0.2) is 23.0 Å². The van der Waals surface area contributed by atoms with Gasteiger partial charge in [0.05, 0.1) is 6.54 Å². The highest BCUT2D eigenvalue weighted by Crippen LogP contribution is 2.29. The standard InChI is InChI=1S/C21H24Cl2N6O2/c1-21(2,3)20(31)28-8-6-12(7-9-28)17-24-18-16(19(30)25-17)26-27-29(18)11-13-4-5-14(22)10-15(13)23/h4-5,10,12H,6-9,11H2,1-3H3,(H,24,25,30). The molecule has 10 heteroatoms. The number of amides is 1. The Balaban J connectivity index is 1.58. The summed E-state index contributed by atoms with van der Waals surface area (Å²) in [7, 11) is 0. The van der Waals surface area contributed by atoms with E-state index in [0.29, 0.717) is 41.2 Å². The van der Waals surface area contributed by atoms with Crippen LogP contribution in [0.2, 0.25) is 10.0 Å². The molecule has 164 valence electrons. The van der Waals surface area contributed by atoms with E-state index < -0.39 is 5.41 Å². The van der Waals surface area contributed by atoms with Gasteiger partial charge in [-0.15, -0.1) is 5.10 Å². The molecular formula is C21H24Cl2N6O2. The van der Waals surface area contributed by atoms with Crippen LogP contribution in [0.25, 0.3) is 11.2 Å². The van der Waals surface area contributed by atoms with Crippen LogP contribution in [0.3, 0.4) is 0 Å². The molecule has 0 saturated carbocycles. The lowest BCUT2D eigenvalue weighted by molar-refractivity contribution is -0.140. The minimum atomic E-state index is -0.403. The van der Waals surface area contributed by atoms with Crippen LogP contribution in [0.4, 0.5) is 0 Å². The van der Waals surface area contributed by atoms with Gasteiger partial charge in [-0.25, -0.2) is 9.67 Å². The fourth-order valence-corrected chi connectivity index (χ4v) is 4.29. The van der Waals surface area contributed by atoms with E-state index in [2.05, 4.69) is 15.3 Å². The molecule has 2 aromatic heterocycles. The number of nitrogens with zero attached hydrogens (tertiary/aromatic N) is 5. The van der Waals surface area contributed by atoms with Crippen molar-refractivity contribution in [1.82, 2.24) is 29.9 Å². The summed E-state index contributed by atoms with van der Waals surface area (Å²) in [5.74, 6) is 0.805. The van der Waals surface area contributed by atoms with Crippen LogP contribution < -0.4 is 5.56 Å². The van der Waals surface area contributed by atoms with Gasteiger partial charge >= 0.3 is 0 Å². The Labute approximate surface area is 189 Å². The third kappa shape index (κ3) is 4.45. The normalized spacial score (nSPS) is 15.6. The highest BCUT2D eigenvalue weighted by molar-refractivity contribution is 6.35. The number of rotatable bonds is 3. The summed E-state index contributed by atoms with van der Waals surface area (Å²) in [6, 6.07) is 5.23. The number of hydrogen-bond donors (Lipinski definition) is 1. The average Bonchev–Trinajstić information content (AvgIpc) is 3.12. The summed E-state index contributed by atoms with van der Waals surface area (Å²) in [4.78, 5) is 34.6. The van der Waals surface area contributed by atoms with E-state index >= 15 is 0 Å². The molecule has 1 saturated heterocycles. The first-order valence-electron chi connectivity index (χ1n) is 10.2. The number of halogens is 2. The van der Waals surface area contributed by atoms with E-state index in [4.69, 9.17) is 28.2 Å². The summed E-state index contributed by atoms with van der Waals surface area (Å²) in [6.45, 7) is 7.38. The molecule has 0 radical (unpaired) electrons. The van der Waals surface area contributed by atoms with Crippen molar-refractivity contribution in [2.75, 3.05) is 13.1 Å². The van der Waals surface area contributed by atoms with Crippen molar-refractivity contribution >= 4 is 40.3 Å². The van der Waals surface area contributed by atoms with E-state index in [-0.39, 0.29) is 22.9 Å². The number of aromatic amines is 1. The highest BCUT2D eigenvalue weighted by atomic mass is 35.5. The zero-order chi connectivity index (χ0) is 22.3. The number of aromatic nitrogens is 5. The Morgan fingerprint density at radius 3 is 2.58 bits per heavy atom. The molecule has 31 heavy (non-hydrogen) atoms. The van der Waals surface area contributed by atoms with Crippen molar-refractivity contribution in [1.29, 1.82) is 0 Å². The van der Waals surface area contributed by atoms with Crippen molar-refractivity contribution in [2.45, 2.75) is 46.1 Å². The minimum Gasteiger partial charge on any atom is -0.342 e. The largest absolute Gasteiger partial charge is 0.342 e. The van der Waals surface area contributed by atoms with Crippen LogP contribution in [-0.2, 0) is 11.3 Å². The van der Waals surface area contributed by atoms with Gasteiger partial charge in [-0.1, -0.05) is 55.3 Å². The van der Waals surface area contributed by atoms with E-state index in [0.717, 1.165) is 18.4 Å². The van der Waals surface area contributed by atoms with Crippen LogP contribution in [0, 0.1) is 5.41 Å². The summed E-state index contributed by atoms with van der Waals surface area (Å²) in [6.07, 6.45) is 1.47. The number of benzene rings is 1. The third-order valence-corrected chi connectivity index (χ3v) is 6.12. The van der Waals surface area contributed by atoms with Gasteiger partial charge in [-0.3, -0.25) is 9.59 Å². The van der Waals surface area contributed by atoms with Crippen molar-refractivity contribution in [3.05, 3.63) is 50.0 Å². The second-order valence-corrected chi connectivity index (χ2v) is 9.77. The summed E-state index contributed by atoms with van der Waals surface area (Å²) < 4.78 is 1.57. The molecule has 1 aliphatic rings. The van der Waals surface area contributed by atoms with Crippen molar-refractivity contribution in [3.8, 4) is 0 Å². The van der Waals surface area contributed by atoms with E-state index in [1.165, 1.54) is 0 Å². The van der Waals surface area contributed by atoms with Crippen LogP contribution in [0.1, 0.15) is 50.9 Å². The van der Waals surface area contributed by atoms with Gasteiger partial charge in [0.15, 0.2) is 11.2 Å². The van der Waals surface area contributed by atoms with Gasteiger partial charge in [-0.05, 0) is 30.5 Å². The molecule has 4 rings (SSSR count). The minimum absolute atomic E-state index is 0.0589. The molecule has 0 spiro atoms. The molecule has 0 atom stereocenters. The second-order valence-electron chi connectivity index (χ2n) is 8.92. The van der Waals surface area contributed by atoms with Gasteiger partial charge in [-0.2, -0.15) is 0 Å². The summed E-state index contributed by atoms with van der Waals surface area (Å²) in [5.41, 5.74) is 0.684. The molecular weight excluding hydrogens is 439 g/mol. The summed E-state index contributed by atoms with van der Waals surface area (Å²) >= 11 is 12.3. The topological polar surface area (TPSA) is 96.8 Å². The second kappa shape index (κ2) is 8.24. The number of fused-ring (bicyclic) bond motifs is 1. The molecule has 0 bridgehead atoms. The van der Waals surface area contributed by atoms with E-state index in [1.807, 2.05) is 31.7 Å². The van der Waals surface area contributed by atoms with Gasteiger partial charge < -0.3 is 9.88 Å². The smallest absolute Gasteiger partial charge is 0.281 e. The number of piperidine rings is 1. The zero-order valence-electron chi connectivity index (χ0n) is 17.7. The number of carbonyl (C=O) groups excluding carboxylic acids is 1. The molecule has 3 heterocycles. The maximum absolute atomic E-state index is 12.6. The lowest BCUT2D eigenvalue weighted by atomic mass is 9.90. The predicted molar refractivity (Wildman–Crippen MR) is 120 cm³/mol. The van der Waals surface area contributed by atoms with Crippen molar-refractivity contribution < 1.29 is 4.79 Å². The summed E-state index contributed by atoms with van der Waals surface area (Å²) in [5, 5.41) is 9.16. The predicted octanol–water partition coefficient (Wildman–Crippen LogP) is 3.62. The number of likely N-dealkylation sites (tertiary alicyclic amines) is 1. The van der Waals surface area contributed by atoms with Gasteiger partial charge in [0, 0.05) is 34.5 Å². The molecule has 1 amide bonds. The maximum atomic E-state index is 12.6. The Hall–Kier alpha value is -2.45. The number of hydrogen-bond acceptors (Lipinski definition) is 5. The van der Waals surface area contributed by atoms with Gasteiger partial charge in [0.2, 0.25) is 5.91 Å². The lowest BCUT2D eigenvalue weighted by Crippen LogP contribution is -2.44. The maximum Gasteiger partial charge on any atom is 0.281 e. The Bertz CT molecular complexity index is 1190. The van der Waals surface area contributed by atoms with E-state index in [9.17, 15) is 9.59 Å². The molecule has 0 aliphatic carbocycles. The monoisotopic (exact) mass is 462 g/mol. The van der Waals surface area contributed by atoms with Crippen molar-refractivity contribution in [2.24, 2.45) is 5.41 Å². The molecule has 1 aliphatic heterocycles. The fourth-order valence-electron chi connectivity index (χ4n) is 3.82. The van der Waals surface area contributed by atoms with E-state index in [1.54, 1.807) is 16.8 Å². The Morgan fingerprint density at radius 1 is 1.23 bits per heavy atom. The van der Waals surface area contributed by atoms with Crippen LogP contribution >= 0.6 is 23.2 Å². The number of carbonyl (C=O) groups is 1. The average molecular weight is 463 g/mol. The van der Waals surface area contributed by atoms with Gasteiger partial charge in [0.25, 0.3) is 5.56 Å². The first-order chi connectivity index (χ1) is 14.6. The highest BCUT2D eigenvalue weighted by Gasteiger charge is 2.31. The molecule has 8 nitrogen and oxygen atoms in total. The Kier molecular flexibility index (Phi) is 5.79. The molecule has 3 aromatic rings. The first-order valence-corrected chi connectivity index (χ1v) is 11.0. The molecule has 1 fully saturated rings. The van der Waals surface area contributed by atoms with Crippen molar-refractivity contribution in [3.63, 3.8) is 0 Å². The quantitative estimate of drug-likeness (QED) is 0.640. The Morgan fingerprint density at radius 2 is 1.94 bits per heavy atom. The van der Waals surface area contributed by atoms with Crippen LogP contribution in [-0.4, -0.2) is 48.9 Å². The lowest BCUT2D eigenvalue weighted by Gasteiger charge is -2.35. The molecule has 1 aromatic carbocycles. The number of nitrogens with one attached hydrogen (secondary N) is 1. The van der Waals surface area contributed by atoms with Crippen LogP contribution in [0.5, 0.6) is 0 Å². The van der Waals surface area contributed by atoms with Gasteiger partial charge in [0.1, 0.15) is 5.82 Å². The molecule has 1 N–H and O–H groups in total. The fraction of sp³-hybridized carbons (Fsp3) is 0.476. The number of H-pyrrole nitrogens is 1.